The first-order valence-electron chi connectivity index (χ1n) is 11.7. The largest absolute Gasteiger partial charge is 0.497 e. The number of ether oxygens (including phenoxy) is 1. The van der Waals surface area contributed by atoms with E-state index >= 15 is 0 Å². The summed E-state index contributed by atoms with van der Waals surface area (Å²) in [5, 5.41) is 5.76. The van der Waals surface area contributed by atoms with Crippen LogP contribution in [0, 0.1) is 5.92 Å². The van der Waals surface area contributed by atoms with Crippen LogP contribution in [0.2, 0.25) is 0 Å². The van der Waals surface area contributed by atoms with Gasteiger partial charge < -0.3 is 26.0 Å². The molecule has 182 valence electrons. The Balaban J connectivity index is 1.49. The molecule has 0 bridgehead atoms. The summed E-state index contributed by atoms with van der Waals surface area (Å²) >= 11 is 0. The lowest BCUT2D eigenvalue weighted by Gasteiger charge is -2.30. The van der Waals surface area contributed by atoms with Gasteiger partial charge in [0, 0.05) is 25.1 Å². The predicted molar refractivity (Wildman–Crippen MR) is 131 cm³/mol. The molecule has 3 rings (SSSR count). The molecule has 2 aromatic rings. The van der Waals surface area contributed by atoms with E-state index < -0.39 is 6.04 Å². The summed E-state index contributed by atoms with van der Waals surface area (Å²) in [6.45, 7) is 4.15. The van der Waals surface area contributed by atoms with E-state index in [0.29, 0.717) is 11.4 Å². The molecule has 2 aromatic carbocycles. The lowest BCUT2D eigenvalue weighted by molar-refractivity contribution is -0.123. The minimum absolute atomic E-state index is 0.00843. The van der Waals surface area contributed by atoms with Gasteiger partial charge in [-0.1, -0.05) is 24.3 Å². The van der Waals surface area contributed by atoms with Gasteiger partial charge in [0.2, 0.25) is 17.7 Å². The summed E-state index contributed by atoms with van der Waals surface area (Å²) in [5.74, 6) is 0.153. The number of hydrogen-bond donors (Lipinski definition) is 3. The Labute approximate surface area is 200 Å². The van der Waals surface area contributed by atoms with Crippen LogP contribution in [0.1, 0.15) is 43.4 Å². The average Bonchev–Trinajstić information content (AvgIpc) is 2.83. The molecule has 0 radical (unpaired) electrons. The number of carbonyl (C=O) groups excluding carboxylic acids is 3. The van der Waals surface area contributed by atoms with Gasteiger partial charge in [-0.3, -0.25) is 14.4 Å². The van der Waals surface area contributed by atoms with Crippen molar-refractivity contribution >= 4 is 23.4 Å². The molecule has 1 aliphatic heterocycles. The van der Waals surface area contributed by atoms with Gasteiger partial charge in [0.1, 0.15) is 5.75 Å². The molecular weight excluding hydrogens is 432 g/mol. The highest BCUT2D eigenvalue weighted by molar-refractivity contribution is 5.91. The molecule has 1 atom stereocenters. The summed E-state index contributed by atoms with van der Waals surface area (Å²) in [6.07, 6.45) is 2.68. The van der Waals surface area contributed by atoms with Crippen LogP contribution in [-0.4, -0.2) is 49.4 Å². The topological polar surface area (TPSA) is 114 Å². The van der Waals surface area contributed by atoms with Crippen molar-refractivity contribution in [2.75, 3.05) is 32.1 Å². The fourth-order valence-electron chi connectivity index (χ4n) is 4.21. The monoisotopic (exact) mass is 466 g/mol. The number of nitrogens with two attached hydrogens (primary N) is 1. The van der Waals surface area contributed by atoms with Crippen molar-refractivity contribution in [2.45, 2.75) is 38.6 Å². The van der Waals surface area contributed by atoms with Crippen LogP contribution in [-0.2, 0) is 20.8 Å². The number of primary amides is 1. The minimum atomic E-state index is -0.429. The molecule has 0 aliphatic carbocycles. The number of hydrogen-bond acceptors (Lipinski definition) is 5. The van der Waals surface area contributed by atoms with Gasteiger partial charge >= 0.3 is 0 Å². The number of rotatable bonds is 10. The molecule has 1 unspecified atom stereocenters. The van der Waals surface area contributed by atoms with Crippen molar-refractivity contribution in [3.05, 3.63) is 59.7 Å². The maximum Gasteiger partial charge on any atom is 0.226 e. The third-order valence-corrected chi connectivity index (χ3v) is 6.23. The van der Waals surface area contributed by atoms with Gasteiger partial charge in [0.05, 0.1) is 19.6 Å². The van der Waals surface area contributed by atoms with Crippen LogP contribution < -0.4 is 21.1 Å². The summed E-state index contributed by atoms with van der Waals surface area (Å²) in [5.41, 5.74) is 8.14. The lowest BCUT2D eigenvalue weighted by Crippen LogP contribution is -2.39. The molecule has 3 amide bonds. The second kappa shape index (κ2) is 12.2. The number of carbonyl (C=O) groups is 3. The number of likely N-dealkylation sites (tertiary alicyclic amines) is 1. The predicted octanol–water partition coefficient (Wildman–Crippen LogP) is 2.64. The van der Waals surface area contributed by atoms with E-state index in [4.69, 9.17) is 10.5 Å². The Bertz CT molecular complexity index is 967. The molecule has 8 heteroatoms. The number of benzene rings is 2. The number of amides is 3. The highest BCUT2D eigenvalue weighted by Crippen LogP contribution is 2.22. The number of anilines is 1. The molecule has 1 aliphatic rings. The summed E-state index contributed by atoms with van der Waals surface area (Å²) in [6, 6.07) is 14.7. The molecule has 1 heterocycles. The molecule has 4 N–H and O–H groups in total. The van der Waals surface area contributed by atoms with Crippen LogP contribution in [0.25, 0.3) is 0 Å². The zero-order valence-electron chi connectivity index (χ0n) is 19.9. The number of nitrogens with zero attached hydrogens (tertiary/aromatic N) is 1. The van der Waals surface area contributed by atoms with Crippen molar-refractivity contribution in [1.82, 2.24) is 10.2 Å². The van der Waals surface area contributed by atoms with Gasteiger partial charge in [0.15, 0.2) is 0 Å². The van der Waals surface area contributed by atoms with Crippen LogP contribution in [0.5, 0.6) is 5.75 Å². The highest BCUT2D eigenvalue weighted by atomic mass is 16.5. The fraction of sp³-hybridized carbons (Fsp3) is 0.423. The lowest BCUT2D eigenvalue weighted by atomic mass is 9.96. The SMILES string of the molecule is COc1ccc(C(CC(=O)Nc2ccc(CCN3CCC(C(N)=O)CC3)cc2)NC(C)=O)cc1. The summed E-state index contributed by atoms with van der Waals surface area (Å²) < 4.78 is 5.18. The normalized spacial score (nSPS) is 15.4. The third kappa shape index (κ3) is 7.59. The first-order chi connectivity index (χ1) is 16.3. The van der Waals surface area contributed by atoms with Crippen LogP contribution in [0.3, 0.4) is 0 Å². The maximum atomic E-state index is 12.7. The zero-order chi connectivity index (χ0) is 24.5. The van der Waals surface area contributed by atoms with Gasteiger partial charge in [0.25, 0.3) is 0 Å². The van der Waals surface area contributed by atoms with Gasteiger partial charge in [-0.15, -0.1) is 0 Å². The summed E-state index contributed by atoms with van der Waals surface area (Å²) in [7, 11) is 1.59. The van der Waals surface area contributed by atoms with E-state index in [1.165, 1.54) is 12.5 Å². The van der Waals surface area contributed by atoms with Crippen LogP contribution in [0.4, 0.5) is 5.69 Å². The van der Waals surface area contributed by atoms with E-state index in [-0.39, 0.29) is 30.1 Å². The zero-order valence-corrected chi connectivity index (χ0v) is 19.9. The molecule has 0 saturated carbocycles. The van der Waals surface area contributed by atoms with Crippen molar-refractivity contribution < 1.29 is 19.1 Å². The Hall–Kier alpha value is -3.39. The van der Waals surface area contributed by atoms with E-state index in [0.717, 1.165) is 44.5 Å². The van der Waals surface area contributed by atoms with E-state index in [1.54, 1.807) is 19.2 Å². The Morgan fingerprint density at radius 1 is 1.06 bits per heavy atom. The maximum absolute atomic E-state index is 12.7. The fourth-order valence-corrected chi connectivity index (χ4v) is 4.21. The highest BCUT2D eigenvalue weighted by Gasteiger charge is 2.22. The molecule has 0 aromatic heterocycles. The smallest absolute Gasteiger partial charge is 0.226 e. The minimum Gasteiger partial charge on any atom is -0.497 e. The van der Waals surface area contributed by atoms with E-state index in [9.17, 15) is 14.4 Å². The number of nitrogens with one attached hydrogen (secondary N) is 2. The quantitative estimate of drug-likeness (QED) is 0.498. The second-order valence-electron chi connectivity index (χ2n) is 8.74. The molecular formula is C26H34N4O4. The van der Waals surface area contributed by atoms with Crippen molar-refractivity contribution in [3.8, 4) is 5.75 Å². The van der Waals surface area contributed by atoms with Gasteiger partial charge in [-0.25, -0.2) is 0 Å². The first kappa shape index (κ1) is 25.2. The third-order valence-electron chi connectivity index (χ3n) is 6.23. The van der Waals surface area contributed by atoms with E-state index in [1.807, 2.05) is 36.4 Å². The summed E-state index contributed by atoms with van der Waals surface area (Å²) in [4.78, 5) is 38.0. The van der Waals surface area contributed by atoms with Crippen molar-refractivity contribution in [1.29, 1.82) is 0 Å². The molecule has 8 nitrogen and oxygen atoms in total. The molecule has 34 heavy (non-hydrogen) atoms. The van der Waals surface area contributed by atoms with Crippen molar-refractivity contribution in [2.24, 2.45) is 11.7 Å². The molecule has 0 spiro atoms. The van der Waals surface area contributed by atoms with E-state index in [2.05, 4.69) is 15.5 Å². The number of piperidine rings is 1. The Morgan fingerprint density at radius 2 is 1.71 bits per heavy atom. The number of methoxy groups -OCH3 is 1. The average molecular weight is 467 g/mol. The standard InChI is InChI=1S/C26H34N4O4/c1-18(31)28-24(20-5-9-23(34-2)10-6-20)17-25(32)29-22-7-3-19(4-8-22)11-14-30-15-12-21(13-16-30)26(27)33/h3-10,21,24H,11-17H2,1-2H3,(H2,27,33)(H,28,31)(H,29,32). The Kier molecular flexibility index (Phi) is 9.04. The van der Waals surface area contributed by atoms with Gasteiger partial charge in [-0.2, -0.15) is 0 Å². The molecule has 1 saturated heterocycles. The van der Waals surface area contributed by atoms with Gasteiger partial charge in [-0.05, 0) is 67.7 Å². The molecule has 1 fully saturated rings. The Morgan fingerprint density at radius 3 is 2.26 bits per heavy atom. The second-order valence-corrected chi connectivity index (χ2v) is 8.74. The van der Waals surface area contributed by atoms with Crippen LogP contribution >= 0.6 is 0 Å². The first-order valence-corrected chi connectivity index (χ1v) is 11.7. The van der Waals surface area contributed by atoms with Crippen molar-refractivity contribution in [3.63, 3.8) is 0 Å². The van der Waals surface area contributed by atoms with Crippen LogP contribution in [0.15, 0.2) is 48.5 Å².